The molecule has 0 aromatic carbocycles. The smallest absolute Gasteiger partial charge is 0.259 e. The van der Waals surface area contributed by atoms with E-state index in [0.29, 0.717) is 30.0 Å². The first-order chi connectivity index (χ1) is 9.99. The van der Waals surface area contributed by atoms with E-state index >= 15 is 0 Å². The summed E-state index contributed by atoms with van der Waals surface area (Å²) in [6.07, 6.45) is 3.99. The maximum absolute atomic E-state index is 12.6. The van der Waals surface area contributed by atoms with Gasteiger partial charge in [-0.2, -0.15) is 5.10 Å². The van der Waals surface area contributed by atoms with Crippen LogP contribution in [0.4, 0.5) is 0 Å². The molecule has 1 amide bonds. The summed E-state index contributed by atoms with van der Waals surface area (Å²) in [6, 6.07) is 0. The monoisotopic (exact) mass is 290 g/mol. The van der Waals surface area contributed by atoms with E-state index in [-0.39, 0.29) is 16.9 Å². The highest BCUT2D eigenvalue weighted by atomic mass is 16.2. The zero-order chi connectivity index (χ0) is 15.6. The van der Waals surface area contributed by atoms with Gasteiger partial charge in [0.05, 0.1) is 11.6 Å². The molecule has 0 radical (unpaired) electrons. The summed E-state index contributed by atoms with van der Waals surface area (Å²) in [5, 5.41) is 4.49. The predicted octanol–water partition coefficient (Wildman–Crippen LogP) is 1.77. The Balaban J connectivity index is 2.38. The van der Waals surface area contributed by atoms with Crippen molar-refractivity contribution >= 4 is 16.9 Å². The minimum Gasteiger partial charge on any atom is -0.345 e. The Morgan fingerprint density at radius 1 is 1.48 bits per heavy atom. The third-order valence-electron chi connectivity index (χ3n) is 3.91. The van der Waals surface area contributed by atoms with Crippen LogP contribution in [0.1, 0.15) is 37.6 Å². The number of hydrogen-bond acceptors (Lipinski definition) is 3. The van der Waals surface area contributed by atoms with Gasteiger partial charge in [0.25, 0.3) is 5.91 Å². The Kier molecular flexibility index (Phi) is 4.45. The van der Waals surface area contributed by atoms with Crippen molar-refractivity contribution in [3.05, 3.63) is 28.2 Å². The minimum absolute atomic E-state index is 0.181. The van der Waals surface area contributed by atoms with Crippen LogP contribution in [0.25, 0.3) is 11.0 Å². The van der Waals surface area contributed by atoms with Gasteiger partial charge in [0, 0.05) is 26.3 Å². The van der Waals surface area contributed by atoms with E-state index in [1.807, 2.05) is 6.92 Å². The van der Waals surface area contributed by atoms with E-state index < -0.39 is 0 Å². The summed E-state index contributed by atoms with van der Waals surface area (Å²) < 4.78 is 1.59. The fraction of sp³-hybridized carbons (Fsp3) is 0.533. The van der Waals surface area contributed by atoms with Crippen molar-refractivity contribution in [1.82, 2.24) is 19.7 Å². The Morgan fingerprint density at radius 2 is 2.19 bits per heavy atom. The van der Waals surface area contributed by atoms with Gasteiger partial charge in [-0.25, -0.2) is 0 Å². The van der Waals surface area contributed by atoms with E-state index in [1.54, 1.807) is 16.6 Å². The average Bonchev–Trinajstić information content (AvgIpc) is 2.86. The maximum Gasteiger partial charge on any atom is 0.259 e. The zero-order valence-corrected chi connectivity index (χ0v) is 13.0. The lowest BCUT2D eigenvalue weighted by Crippen LogP contribution is -2.37. The van der Waals surface area contributed by atoms with E-state index in [2.05, 4.69) is 23.9 Å². The van der Waals surface area contributed by atoms with Crippen LogP contribution in [0.5, 0.6) is 0 Å². The highest BCUT2D eigenvalue weighted by Crippen LogP contribution is 2.10. The van der Waals surface area contributed by atoms with Crippen molar-refractivity contribution in [2.75, 3.05) is 13.1 Å². The lowest BCUT2D eigenvalue weighted by molar-refractivity contribution is 0.0739. The lowest BCUT2D eigenvalue weighted by Gasteiger charge is -2.23. The van der Waals surface area contributed by atoms with Gasteiger partial charge in [0.2, 0.25) is 5.43 Å². The van der Waals surface area contributed by atoms with Crippen LogP contribution < -0.4 is 5.43 Å². The first-order valence-electron chi connectivity index (χ1n) is 7.32. The summed E-state index contributed by atoms with van der Waals surface area (Å²) in [7, 11) is 1.75. The molecule has 6 nitrogen and oxygen atoms in total. The predicted molar refractivity (Wildman–Crippen MR) is 82.4 cm³/mol. The van der Waals surface area contributed by atoms with Crippen molar-refractivity contribution in [2.24, 2.45) is 13.0 Å². The number of fused-ring (bicyclic) bond motifs is 1. The Bertz CT molecular complexity index is 701. The van der Waals surface area contributed by atoms with Crippen molar-refractivity contribution in [2.45, 2.75) is 27.2 Å². The number of amides is 1. The molecule has 0 aliphatic carbocycles. The number of nitrogens with one attached hydrogen (secondary N) is 1. The third kappa shape index (κ3) is 2.84. The summed E-state index contributed by atoms with van der Waals surface area (Å²) in [5.74, 6) is 0.194. The number of aromatic amines is 1. The summed E-state index contributed by atoms with van der Waals surface area (Å²) in [5.41, 5.74) is 0.548. The van der Waals surface area contributed by atoms with Crippen molar-refractivity contribution in [1.29, 1.82) is 0 Å². The molecule has 0 saturated heterocycles. The second-order valence-corrected chi connectivity index (χ2v) is 5.42. The van der Waals surface area contributed by atoms with Crippen LogP contribution in [-0.2, 0) is 7.05 Å². The fourth-order valence-electron chi connectivity index (χ4n) is 2.32. The topological polar surface area (TPSA) is 71.0 Å². The normalized spacial score (nSPS) is 12.6. The zero-order valence-electron chi connectivity index (χ0n) is 13.0. The molecule has 21 heavy (non-hydrogen) atoms. The molecule has 0 spiro atoms. The lowest BCUT2D eigenvalue weighted by atomic mass is 10.1. The molecule has 0 fully saturated rings. The molecule has 6 heteroatoms. The molecular weight excluding hydrogens is 268 g/mol. The van der Waals surface area contributed by atoms with E-state index in [4.69, 9.17) is 0 Å². The molecule has 0 saturated carbocycles. The molecule has 2 rings (SSSR count). The van der Waals surface area contributed by atoms with Gasteiger partial charge in [0.15, 0.2) is 0 Å². The summed E-state index contributed by atoms with van der Waals surface area (Å²) in [4.78, 5) is 29.7. The van der Waals surface area contributed by atoms with E-state index in [0.717, 1.165) is 6.42 Å². The molecule has 0 aliphatic rings. The largest absolute Gasteiger partial charge is 0.345 e. The number of rotatable bonds is 5. The van der Waals surface area contributed by atoms with Crippen LogP contribution in [-0.4, -0.2) is 38.7 Å². The van der Waals surface area contributed by atoms with Crippen LogP contribution in [0.2, 0.25) is 0 Å². The number of H-pyrrole nitrogens is 1. The van der Waals surface area contributed by atoms with Gasteiger partial charge in [-0.3, -0.25) is 14.3 Å². The number of carbonyl (C=O) groups excluding carboxylic acids is 1. The standard InChI is InChI=1S/C15H22N4O2/c1-5-10(3)9-19(6-2)15(21)12-7-16-14-11(13(12)20)8-17-18(14)4/h7-8,10H,5-6,9H2,1-4H3,(H,16,20)/t10-/m0/s1. The molecule has 2 aromatic rings. The molecule has 0 aliphatic heterocycles. The van der Waals surface area contributed by atoms with Gasteiger partial charge in [-0.1, -0.05) is 20.3 Å². The second-order valence-electron chi connectivity index (χ2n) is 5.42. The van der Waals surface area contributed by atoms with Crippen molar-refractivity contribution < 1.29 is 4.79 Å². The van der Waals surface area contributed by atoms with Gasteiger partial charge in [0.1, 0.15) is 11.2 Å². The first-order valence-corrected chi connectivity index (χ1v) is 7.32. The maximum atomic E-state index is 12.6. The number of hydrogen-bond donors (Lipinski definition) is 1. The number of pyridine rings is 1. The van der Waals surface area contributed by atoms with Gasteiger partial charge in [-0.05, 0) is 12.8 Å². The SMILES string of the molecule is CC[C@H](C)CN(CC)C(=O)c1c[nH]c2c(cnn2C)c1=O. The van der Waals surface area contributed by atoms with Gasteiger partial charge >= 0.3 is 0 Å². The molecular formula is C15H22N4O2. The van der Waals surface area contributed by atoms with Crippen LogP contribution in [0.3, 0.4) is 0 Å². The van der Waals surface area contributed by atoms with Crippen molar-refractivity contribution in [3.8, 4) is 0 Å². The van der Waals surface area contributed by atoms with E-state index in [1.165, 1.54) is 12.4 Å². The number of nitrogens with zero attached hydrogens (tertiary/aromatic N) is 3. The Morgan fingerprint density at radius 3 is 2.81 bits per heavy atom. The molecule has 0 unspecified atom stereocenters. The molecule has 2 aromatic heterocycles. The second kappa shape index (κ2) is 6.11. The number of aromatic nitrogens is 3. The molecule has 1 N–H and O–H groups in total. The number of aryl methyl sites for hydroxylation is 1. The van der Waals surface area contributed by atoms with Crippen molar-refractivity contribution in [3.63, 3.8) is 0 Å². The summed E-state index contributed by atoms with van der Waals surface area (Å²) >= 11 is 0. The van der Waals surface area contributed by atoms with E-state index in [9.17, 15) is 9.59 Å². The fourth-order valence-corrected chi connectivity index (χ4v) is 2.32. The summed E-state index contributed by atoms with van der Waals surface area (Å²) in [6.45, 7) is 7.38. The molecule has 1 atom stereocenters. The van der Waals surface area contributed by atoms with Crippen LogP contribution in [0, 0.1) is 5.92 Å². The Hall–Kier alpha value is -2.11. The number of carbonyl (C=O) groups is 1. The third-order valence-corrected chi connectivity index (χ3v) is 3.91. The quantitative estimate of drug-likeness (QED) is 0.912. The highest BCUT2D eigenvalue weighted by Gasteiger charge is 2.20. The molecule has 0 bridgehead atoms. The average molecular weight is 290 g/mol. The van der Waals surface area contributed by atoms with Crippen LogP contribution >= 0.6 is 0 Å². The van der Waals surface area contributed by atoms with Gasteiger partial charge < -0.3 is 9.88 Å². The molecule has 114 valence electrons. The van der Waals surface area contributed by atoms with Gasteiger partial charge in [-0.15, -0.1) is 0 Å². The molecule has 2 heterocycles. The minimum atomic E-state index is -0.260. The Labute approximate surface area is 123 Å². The highest BCUT2D eigenvalue weighted by molar-refractivity contribution is 5.96. The first kappa shape index (κ1) is 15.3. The van der Waals surface area contributed by atoms with Crippen LogP contribution in [0.15, 0.2) is 17.2 Å².